The first-order valence-corrected chi connectivity index (χ1v) is 10.2. The number of sulfone groups is 1. The first kappa shape index (κ1) is 22.6. The van der Waals surface area contributed by atoms with Crippen LogP contribution in [-0.2, 0) is 16.3 Å². The second-order valence-electron chi connectivity index (χ2n) is 4.92. The SMILES string of the molecule is CCNC(=NCCS(=O)(=O)CC)NCCc1nc(C)c(C)s1.I. The molecule has 23 heavy (non-hydrogen) atoms. The Morgan fingerprint density at radius 2 is 1.96 bits per heavy atom. The van der Waals surface area contributed by atoms with E-state index in [0.29, 0.717) is 5.96 Å². The fourth-order valence-corrected chi connectivity index (χ4v) is 3.31. The van der Waals surface area contributed by atoms with Crippen LogP contribution in [0.5, 0.6) is 0 Å². The highest BCUT2D eigenvalue weighted by Gasteiger charge is 2.07. The number of hydrogen-bond donors (Lipinski definition) is 2. The summed E-state index contributed by atoms with van der Waals surface area (Å²) in [7, 11) is -2.97. The van der Waals surface area contributed by atoms with E-state index in [1.165, 1.54) is 4.88 Å². The van der Waals surface area contributed by atoms with Crippen LogP contribution >= 0.6 is 35.3 Å². The van der Waals surface area contributed by atoms with Crippen molar-refractivity contribution in [2.75, 3.05) is 31.1 Å². The number of nitrogens with one attached hydrogen (secondary N) is 2. The van der Waals surface area contributed by atoms with Crippen molar-refractivity contribution in [1.82, 2.24) is 15.6 Å². The van der Waals surface area contributed by atoms with Crippen molar-refractivity contribution < 1.29 is 8.42 Å². The number of aliphatic imine (C=N–C) groups is 1. The van der Waals surface area contributed by atoms with Crippen LogP contribution in [0.4, 0.5) is 0 Å². The van der Waals surface area contributed by atoms with Gasteiger partial charge in [0.1, 0.15) is 0 Å². The molecule has 1 aromatic rings. The number of guanidine groups is 1. The molecule has 0 atom stereocenters. The average Bonchev–Trinajstić information content (AvgIpc) is 2.77. The van der Waals surface area contributed by atoms with Crippen molar-refractivity contribution in [3.05, 3.63) is 15.6 Å². The van der Waals surface area contributed by atoms with E-state index >= 15 is 0 Å². The molecule has 9 heteroatoms. The van der Waals surface area contributed by atoms with Crippen molar-refractivity contribution in [3.63, 3.8) is 0 Å². The van der Waals surface area contributed by atoms with E-state index in [1.807, 2.05) is 13.8 Å². The van der Waals surface area contributed by atoms with Crippen LogP contribution in [0.15, 0.2) is 4.99 Å². The van der Waals surface area contributed by atoms with Crippen LogP contribution in [0.3, 0.4) is 0 Å². The molecule has 6 nitrogen and oxygen atoms in total. The van der Waals surface area contributed by atoms with E-state index in [0.717, 1.165) is 30.2 Å². The third kappa shape index (κ3) is 8.85. The highest BCUT2D eigenvalue weighted by molar-refractivity contribution is 14.0. The van der Waals surface area contributed by atoms with Crippen LogP contribution < -0.4 is 10.6 Å². The molecule has 1 heterocycles. The van der Waals surface area contributed by atoms with Crippen molar-refractivity contribution in [1.29, 1.82) is 0 Å². The number of nitrogens with zero attached hydrogens (tertiary/aromatic N) is 2. The summed E-state index contributed by atoms with van der Waals surface area (Å²) in [6.07, 6.45) is 0.830. The quantitative estimate of drug-likeness (QED) is 0.342. The van der Waals surface area contributed by atoms with Gasteiger partial charge < -0.3 is 10.6 Å². The lowest BCUT2D eigenvalue weighted by atomic mass is 10.4. The summed E-state index contributed by atoms with van der Waals surface area (Å²) in [5, 5.41) is 7.43. The number of thiazole rings is 1. The third-order valence-corrected chi connectivity index (χ3v) is 5.98. The predicted octanol–water partition coefficient (Wildman–Crippen LogP) is 1.91. The highest BCUT2D eigenvalue weighted by atomic mass is 127. The molecule has 0 radical (unpaired) electrons. The van der Waals surface area contributed by atoms with Crippen LogP contribution in [0.1, 0.15) is 29.4 Å². The minimum absolute atomic E-state index is 0. The molecule has 0 aliphatic carbocycles. The van der Waals surface area contributed by atoms with E-state index in [4.69, 9.17) is 0 Å². The van der Waals surface area contributed by atoms with E-state index < -0.39 is 9.84 Å². The van der Waals surface area contributed by atoms with Crippen molar-refractivity contribution in [3.8, 4) is 0 Å². The maximum absolute atomic E-state index is 11.5. The predicted molar refractivity (Wildman–Crippen MR) is 109 cm³/mol. The first-order chi connectivity index (χ1) is 10.4. The second kappa shape index (κ2) is 11.2. The summed E-state index contributed by atoms with van der Waals surface area (Å²) in [5.41, 5.74) is 1.09. The van der Waals surface area contributed by atoms with Gasteiger partial charge in [-0.1, -0.05) is 6.92 Å². The summed E-state index contributed by atoms with van der Waals surface area (Å²) in [6.45, 7) is 9.46. The highest BCUT2D eigenvalue weighted by Crippen LogP contribution is 2.16. The lowest BCUT2D eigenvalue weighted by Gasteiger charge is -2.10. The molecule has 0 amide bonds. The minimum atomic E-state index is -2.97. The molecule has 134 valence electrons. The zero-order valence-electron chi connectivity index (χ0n) is 14.2. The van der Waals surface area contributed by atoms with E-state index in [9.17, 15) is 8.42 Å². The number of aryl methyl sites for hydroxylation is 2. The molecule has 0 aliphatic rings. The number of halogens is 1. The molecular weight excluding hydrogens is 447 g/mol. The Morgan fingerprint density at radius 1 is 1.26 bits per heavy atom. The van der Waals surface area contributed by atoms with Gasteiger partial charge in [-0.3, -0.25) is 4.99 Å². The number of hydrogen-bond acceptors (Lipinski definition) is 5. The largest absolute Gasteiger partial charge is 0.357 e. The van der Waals surface area contributed by atoms with Gasteiger partial charge in [-0.2, -0.15) is 0 Å². The molecule has 0 spiro atoms. The Labute approximate surface area is 160 Å². The number of aromatic nitrogens is 1. The van der Waals surface area contributed by atoms with Crippen LogP contribution in [-0.4, -0.2) is 50.5 Å². The average molecular weight is 474 g/mol. The summed E-state index contributed by atoms with van der Waals surface area (Å²) >= 11 is 1.71. The molecular formula is C14H27IN4O2S2. The third-order valence-electron chi connectivity index (χ3n) is 3.16. The Hall–Kier alpha value is -0.420. The molecule has 0 fully saturated rings. The zero-order chi connectivity index (χ0) is 16.6. The van der Waals surface area contributed by atoms with Crippen LogP contribution in [0, 0.1) is 13.8 Å². The Kier molecular flexibility index (Phi) is 11.0. The van der Waals surface area contributed by atoms with E-state index in [1.54, 1.807) is 18.3 Å². The summed E-state index contributed by atoms with van der Waals surface area (Å²) < 4.78 is 22.9. The normalized spacial score (nSPS) is 11.9. The molecule has 0 bridgehead atoms. The first-order valence-electron chi connectivity index (χ1n) is 7.53. The van der Waals surface area contributed by atoms with Crippen molar-refractivity contribution in [2.45, 2.75) is 34.1 Å². The second-order valence-corrected chi connectivity index (χ2v) is 8.68. The lowest BCUT2D eigenvalue weighted by Crippen LogP contribution is -2.38. The molecule has 0 aromatic carbocycles. The van der Waals surface area contributed by atoms with Crippen molar-refractivity contribution in [2.24, 2.45) is 4.99 Å². The van der Waals surface area contributed by atoms with Gasteiger partial charge in [-0.25, -0.2) is 13.4 Å². The Bertz CT molecular complexity index is 580. The van der Waals surface area contributed by atoms with Gasteiger partial charge in [0.05, 0.1) is 23.0 Å². The summed E-state index contributed by atoms with van der Waals surface area (Å²) in [5.74, 6) is 0.902. The van der Waals surface area contributed by atoms with Gasteiger partial charge in [-0.15, -0.1) is 35.3 Å². The van der Waals surface area contributed by atoms with Crippen molar-refractivity contribution >= 4 is 51.1 Å². The van der Waals surface area contributed by atoms with Gasteiger partial charge in [0.25, 0.3) is 0 Å². The van der Waals surface area contributed by atoms with Crippen LogP contribution in [0.2, 0.25) is 0 Å². The molecule has 0 saturated carbocycles. The fourth-order valence-electron chi connectivity index (χ4n) is 1.72. The monoisotopic (exact) mass is 474 g/mol. The maximum atomic E-state index is 11.5. The molecule has 0 aliphatic heterocycles. The smallest absolute Gasteiger partial charge is 0.191 e. The lowest BCUT2D eigenvalue weighted by molar-refractivity contribution is 0.597. The number of rotatable bonds is 8. The molecule has 0 unspecified atom stereocenters. The summed E-state index contributed by atoms with van der Waals surface area (Å²) in [6, 6.07) is 0. The van der Waals surface area contributed by atoms with Gasteiger partial charge in [-0.05, 0) is 20.8 Å². The van der Waals surface area contributed by atoms with Gasteiger partial charge in [0.2, 0.25) is 0 Å². The summed E-state index contributed by atoms with van der Waals surface area (Å²) in [4.78, 5) is 10.0. The molecule has 0 saturated heterocycles. The zero-order valence-corrected chi connectivity index (χ0v) is 18.1. The molecule has 2 N–H and O–H groups in total. The molecule has 1 aromatic heterocycles. The standard InChI is InChI=1S/C14H26N4O2S2.HI/c1-5-15-14(17-9-10-22(19,20)6-2)16-8-7-13-18-11(3)12(4)21-13;/h5-10H2,1-4H3,(H2,15,16,17);1H. The Morgan fingerprint density at radius 3 is 2.48 bits per heavy atom. The molecule has 1 rings (SSSR count). The Balaban J connectivity index is 0.00000484. The van der Waals surface area contributed by atoms with Gasteiger partial charge in [0, 0.05) is 30.1 Å². The van der Waals surface area contributed by atoms with Gasteiger partial charge in [0.15, 0.2) is 15.8 Å². The minimum Gasteiger partial charge on any atom is -0.357 e. The topological polar surface area (TPSA) is 83.5 Å². The van der Waals surface area contributed by atoms with Gasteiger partial charge >= 0.3 is 0 Å². The van der Waals surface area contributed by atoms with E-state index in [2.05, 4.69) is 27.5 Å². The van der Waals surface area contributed by atoms with E-state index in [-0.39, 0.29) is 42.0 Å². The van der Waals surface area contributed by atoms with Crippen LogP contribution in [0.25, 0.3) is 0 Å². The fraction of sp³-hybridized carbons (Fsp3) is 0.714. The maximum Gasteiger partial charge on any atom is 0.191 e.